The van der Waals surface area contributed by atoms with Gasteiger partial charge in [0.1, 0.15) is 5.70 Å². The molecule has 0 radical (unpaired) electrons. The van der Waals surface area contributed by atoms with Crippen molar-refractivity contribution in [2.75, 3.05) is 6.54 Å². The fourth-order valence-corrected chi connectivity index (χ4v) is 3.94. The summed E-state index contributed by atoms with van der Waals surface area (Å²) in [5.41, 5.74) is 0.446. The summed E-state index contributed by atoms with van der Waals surface area (Å²) in [5, 5.41) is 2.69. The van der Waals surface area contributed by atoms with Crippen LogP contribution in [-0.2, 0) is 4.79 Å². The number of urea groups is 1. The van der Waals surface area contributed by atoms with Crippen LogP contribution in [0.4, 0.5) is 4.79 Å². The molecule has 0 aromatic heterocycles. The standard InChI is InChI=1S/C25H46N2O2/c1-4-5-6-7-8-9-10-11-12-13-14-15-16-17-18-19-20-27-24(28)23(21-22(2)3)26-25(27)29/h21-22H,4-20H2,1-3H3,(H,26,29). The molecule has 0 bridgehead atoms. The van der Waals surface area contributed by atoms with Crippen molar-refractivity contribution in [1.82, 2.24) is 10.2 Å². The second-order valence-electron chi connectivity index (χ2n) is 9.01. The average molecular weight is 407 g/mol. The van der Waals surface area contributed by atoms with E-state index in [2.05, 4.69) is 12.2 Å². The van der Waals surface area contributed by atoms with Gasteiger partial charge in [0, 0.05) is 6.54 Å². The minimum absolute atomic E-state index is 0.162. The molecule has 168 valence electrons. The number of hydrogen-bond donors (Lipinski definition) is 1. The molecule has 0 unspecified atom stereocenters. The van der Waals surface area contributed by atoms with E-state index in [1.165, 1.54) is 94.8 Å². The highest BCUT2D eigenvalue weighted by Gasteiger charge is 2.32. The first-order valence-electron chi connectivity index (χ1n) is 12.4. The van der Waals surface area contributed by atoms with Gasteiger partial charge in [-0.15, -0.1) is 0 Å². The predicted molar refractivity (Wildman–Crippen MR) is 123 cm³/mol. The van der Waals surface area contributed by atoms with Gasteiger partial charge in [0.05, 0.1) is 0 Å². The van der Waals surface area contributed by atoms with Gasteiger partial charge < -0.3 is 5.32 Å². The van der Waals surface area contributed by atoms with Crippen LogP contribution >= 0.6 is 0 Å². The van der Waals surface area contributed by atoms with Crippen LogP contribution in [0.5, 0.6) is 0 Å². The Morgan fingerprint density at radius 1 is 0.724 bits per heavy atom. The van der Waals surface area contributed by atoms with Crippen LogP contribution in [0.15, 0.2) is 11.8 Å². The first-order chi connectivity index (χ1) is 14.1. The molecule has 4 nitrogen and oxygen atoms in total. The third-order valence-corrected chi connectivity index (χ3v) is 5.70. The Hall–Kier alpha value is -1.32. The van der Waals surface area contributed by atoms with Crippen LogP contribution in [0.1, 0.15) is 124 Å². The van der Waals surface area contributed by atoms with Crippen molar-refractivity contribution in [1.29, 1.82) is 0 Å². The monoisotopic (exact) mass is 406 g/mol. The number of allylic oxidation sites excluding steroid dienone is 1. The van der Waals surface area contributed by atoms with Crippen molar-refractivity contribution in [3.8, 4) is 0 Å². The first-order valence-corrected chi connectivity index (χ1v) is 12.4. The van der Waals surface area contributed by atoms with Gasteiger partial charge in [0.15, 0.2) is 0 Å². The molecule has 1 heterocycles. The van der Waals surface area contributed by atoms with E-state index in [-0.39, 0.29) is 17.9 Å². The summed E-state index contributed by atoms with van der Waals surface area (Å²) in [4.78, 5) is 25.5. The van der Waals surface area contributed by atoms with E-state index < -0.39 is 0 Å². The number of nitrogens with zero attached hydrogens (tertiary/aromatic N) is 1. The van der Waals surface area contributed by atoms with Gasteiger partial charge in [-0.2, -0.15) is 0 Å². The van der Waals surface area contributed by atoms with E-state index in [4.69, 9.17) is 0 Å². The van der Waals surface area contributed by atoms with Crippen molar-refractivity contribution >= 4 is 11.9 Å². The van der Waals surface area contributed by atoms with Crippen LogP contribution in [0.2, 0.25) is 0 Å². The molecule has 0 aromatic carbocycles. The quantitative estimate of drug-likeness (QED) is 0.147. The van der Waals surface area contributed by atoms with E-state index in [9.17, 15) is 9.59 Å². The molecule has 1 aliphatic rings. The Morgan fingerprint density at radius 3 is 1.55 bits per heavy atom. The number of carbonyl (C=O) groups is 2. The summed E-state index contributed by atoms with van der Waals surface area (Å²) >= 11 is 0. The third-order valence-electron chi connectivity index (χ3n) is 5.70. The molecule has 1 rings (SSSR count). The number of imide groups is 1. The van der Waals surface area contributed by atoms with E-state index in [1.807, 2.05) is 19.9 Å². The second-order valence-corrected chi connectivity index (χ2v) is 9.01. The second kappa shape index (κ2) is 16.5. The maximum atomic E-state index is 12.2. The fraction of sp³-hybridized carbons (Fsp3) is 0.840. The number of nitrogens with one attached hydrogen (secondary N) is 1. The van der Waals surface area contributed by atoms with Crippen LogP contribution < -0.4 is 5.32 Å². The average Bonchev–Trinajstić information content (AvgIpc) is 2.94. The van der Waals surface area contributed by atoms with Crippen molar-refractivity contribution in [2.45, 2.75) is 124 Å². The smallest absolute Gasteiger partial charge is 0.303 e. The lowest BCUT2D eigenvalue weighted by atomic mass is 10.0. The Bertz CT molecular complexity index is 485. The van der Waals surface area contributed by atoms with Crippen molar-refractivity contribution in [3.05, 3.63) is 11.8 Å². The zero-order valence-electron chi connectivity index (χ0n) is 19.4. The van der Waals surface area contributed by atoms with E-state index in [0.717, 1.165) is 12.8 Å². The normalized spacial score (nSPS) is 15.7. The van der Waals surface area contributed by atoms with Gasteiger partial charge in [-0.1, -0.05) is 123 Å². The zero-order chi connectivity index (χ0) is 21.3. The fourth-order valence-electron chi connectivity index (χ4n) is 3.94. The Labute approximate surface area is 179 Å². The molecule has 0 aromatic rings. The lowest BCUT2D eigenvalue weighted by Gasteiger charge is -2.11. The SMILES string of the molecule is CCCCCCCCCCCCCCCCCCN1C(=O)NC(=CC(C)C)C1=O. The summed E-state index contributed by atoms with van der Waals surface area (Å²) in [5.74, 6) is 0.0920. The number of amides is 3. The molecular weight excluding hydrogens is 360 g/mol. The summed E-state index contributed by atoms with van der Waals surface area (Å²) in [6.45, 7) is 6.82. The number of rotatable bonds is 18. The van der Waals surface area contributed by atoms with Gasteiger partial charge >= 0.3 is 6.03 Å². The molecule has 0 aliphatic carbocycles. The highest BCUT2D eigenvalue weighted by atomic mass is 16.2. The molecule has 3 amide bonds. The zero-order valence-corrected chi connectivity index (χ0v) is 19.4. The summed E-state index contributed by atoms with van der Waals surface area (Å²) in [6.07, 6.45) is 23.0. The van der Waals surface area contributed by atoms with Crippen LogP contribution in [0, 0.1) is 5.92 Å². The molecule has 1 fully saturated rings. The van der Waals surface area contributed by atoms with E-state index in [1.54, 1.807) is 0 Å². The largest absolute Gasteiger partial charge is 0.328 e. The van der Waals surface area contributed by atoms with Crippen molar-refractivity contribution in [3.63, 3.8) is 0 Å². The Balaban J connectivity index is 1.89. The van der Waals surface area contributed by atoms with Gasteiger partial charge in [-0.25, -0.2) is 4.79 Å². The van der Waals surface area contributed by atoms with Gasteiger partial charge in [0.25, 0.3) is 5.91 Å². The third kappa shape index (κ3) is 12.1. The molecule has 0 atom stereocenters. The summed E-state index contributed by atoms with van der Waals surface area (Å²) in [6, 6.07) is -0.261. The van der Waals surface area contributed by atoms with Crippen molar-refractivity contribution < 1.29 is 9.59 Å². The molecule has 0 spiro atoms. The highest BCUT2D eigenvalue weighted by molar-refractivity contribution is 6.11. The van der Waals surface area contributed by atoms with Crippen LogP contribution in [0.3, 0.4) is 0 Å². The summed E-state index contributed by atoms with van der Waals surface area (Å²) < 4.78 is 0. The van der Waals surface area contributed by atoms with E-state index >= 15 is 0 Å². The Morgan fingerprint density at radius 2 is 1.14 bits per heavy atom. The van der Waals surface area contributed by atoms with Crippen molar-refractivity contribution in [2.24, 2.45) is 5.92 Å². The highest BCUT2D eigenvalue weighted by Crippen LogP contribution is 2.16. The maximum absolute atomic E-state index is 12.2. The van der Waals surface area contributed by atoms with Crippen LogP contribution in [-0.4, -0.2) is 23.4 Å². The number of hydrogen-bond acceptors (Lipinski definition) is 2. The van der Waals surface area contributed by atoms with Gasteiger partial charge in [0.2, 0.25) is 0 Å². The topological polar surface area (TPSA) is 49.4 Å². The minimum atomic E-state index is -0.261. The first kappa shape index (κ1) is 25.7. The molecule has 29 heavy (non-hydrogen) atoms. The van der Waals surface area contributed by atoms with Crippen LogP contribution in [0.25, 0.3) is 0 Å². The van der Waals surface area contributed by atoms with E-state index in [0.29, 0.717) is 12.2 Å². The number of carbonyl (C=O) groups excluding carboxylic acids is 2. The minimum Gasteiger partial charge on any atom is -0.303 e. The lowest BCUT2D eigenvalue weighted by Crippen LogP contribution is -2.31. The number of unbranched alkanes of at least 4 members (excludes halogenated alkanes) is 15. The molecule has 4 heteroatoms. The molecule has 0 saturated carbocycles. The molecule has 1 aliphatic heterocycles. The maximum Gasteiger partial charge on any atom is 0.328 e. The molecule has 1 saturated heterocycles. The molecule has 1 N–H and O–H groups in total. The predicted octanol–water partition coefficient (Wildman–Crippen LogP) is 7.34. The van der Waals surface area contributed by atoms with Gasteiger partial charge in [-0.05, 0) is 12.3 Å². The Kier molecular flexibility index (Phi) is 14.6. The summed E-state index contributed by atoms with van der Waals surface area (Å²) in [7, 11) is 0. The lowest BCUT2D eigenvalue weighted by molar-refractivity contribution is -0.123. The van der Waals surface area contributed by atoms with Gasteiger partial charge in [-0.3, -0.25) is 9.69 Å². The molecular formula is C25H46N2O2.